The first-order chi connectivity index (χ1) is 22.6. The van der Waals surface area contributed by atoms with E-state index >= 15 is 4.39 Å². The molecule has 1 amide bonds. The minimum Gasteiger partial charge on any atom is -0.469 e. The third-order valence-corrected chi connectivity index (χ3v) is 7.51. The number of aromatic amines is 1. The highest BCUT2D eigenvalue weighted by Gasteiger charge is 2.30. The normalized spacial score (nSPS) is 12.4. The van der Waals surface area contributed by atoms with Crippen molar-refractivity contribution >= 4 is 22.5 Å². The Bertz CT molecular complexity index is 2210. The van der Waals surface area contributed by atoms with Gasteiger partial charge in [0.05, 0.1) is 23.6 Å². The van der Waals surface area contributed by atoms with Crippen molar-refractivity contribution in [2.45, 2.75) is 19.1 Å². The van der Waals surface area contributed by atoms with Crippen LogP contribution in [0.15, 0.2) is 84.0 Å². The van der Waals surface area contributed by atoms with Crippen LogP contribution in [0.2, 0.25) is 0 Å². The molecule has 0 spiro atoms. The first-order valence-corrected chi connectivity index (χ1v) is 14.1. The highest BCUT2D eigenvalue weighted by molar-refractivity contribution is 6.04. The Hall–Kier alpha value is -5.99. The highest BCUT2D eigenvalue weighted by Crippen LogP contribution is 2.43. The highest BCUT2D eigenvalue weighted by atomic mass is 19.4. The average molecular weight is 649 g/mol. The molecule has 3 aromatic heterocycles. The number of rotatable bonds is 8. The van der Waals surface area contributed by atoms with E-state index < -0.39 is 47.3 Å². The molecule has 0 radical (unpaired) electrons. The second kappa shape index (κ2) is 11.4. The van der Waals surface area contributed by atoms with Crippen LogP contribution in [0.25, 0.3) is 27.7 Å². The molecule has 3 aromatic carbocycles. The summed E-state index contributed by atoms with van der Waals surface area (Å²) >= 11 is 0. The standard InChI is InChI=1S/C32H21F5N6O4/c33-19-1-4-21(5-2-19)43-27(46-16-32(35,36)37)8-6-22(31(43)45)30(44)41-20-3-7-25(24(34)12-20)47-26-11-17-9-10-42-29(17)23(15-40-42)28(26)18-13-38-39-14-18/h1-8,11-15H,9-10,16H2,(H,38,39)(H,41,44). The number of pyridine rings is 1. The zero-order valence-electron chi connectivity index (χ0n) is 23.9. The molecule has 0 bridgehead atoms. The van der Waals surface area contributed by atoms with Gasteiger partial charge in [-0.3, -0.25) is 19.4 Å². The van der Waals surface area contributed by atoms with Crippen molar-refractivity contribution < 1.29 is 36.2 Å². The van der Waals surface area contributed by atoms with Gasteiger partial charge >= 0.3 is 6.18 Å². The van der Waals surface area contributed by atoms with Crippen LogP contribution in [0.5, 0.6) is 17.4 Å². The van der Waals surface area contributed by atoms with E-state index in [9.17, 15) is 27.2 Å². The SMILES string of the molecule is O=C(Nc1ccc(Oc2cc3c4c(cnn4CC3)c2-c2cn[nH]c2)c(F)c1)c1ccc(OCC(F)(F)F)n(-c2ccc(F)cc2)c1=O. The first kappa shape index (κ1) is 29.7. The molecule has 6 aromatic rings. The van der Waals surface area contributed by atoms with E-state index in [0.717, 1.165) is 65.4 Å². The molecule has 0 saturated carbocycles. The number of aryl methyl sites for hydroxylation is 2. The Balaban J connectivity index is 1.17. The molecular formula is C32H21F5N6O4. The molecule has 47 heavy (non-hydrogen) atoms. The molecule has 0 unspecified atom stereocenters. The van der Waals surface area contributed by atoms with Crippen molar-refractivity contribution in [3.8, 4) is 34.2 Å². The van der Waals surface area contributed by atoms with Crippen LogP contribution in [0.4, 0.5) is 27.6 Å². The third-order valence-electron chi connectivity index (χ3n) is 7.51. The largest absolute Gasteiger partial charge is 0.469 e. The summed E-state index contributed by atoms with van der Waals surface area (Å²) in [5.41, 5.74) is 1.71. The van der Waals surface area contributed by atoms with Gasteiger partial charge in [-0.2, -0.15) is 23.4 Å². The van der Waals surface area contributed by atoms with E-state index in [2.05, 4.69) is 20.6 Å². The third kappa shape index (κ3) is 5.67. The lowest BCUT2D eigenvalue weighted by Crippen LogP contribution is -2.30. The second-order valence-corrected chi connectivity index (χ2v) is 10.6. The van der Waals surface area contributed by atoms with Gasteiger partial charge in [0.15, 0.2) is 18.2 Å². The van der Waals surface area contributed by atoms with Gasteiger partial charge < -0.3 is 14.8 Å². The number of amides is 1. The minimum atomic E-state index is -4.71. The number of alkyl halides is 3. The average Bonchev–Trinajstić information content (AvgIpc) is 3.80. The van der Waals surface area contributed by atoms with Gasteiger partial charge in [-0.25, -0.2) is 13.3 Å². The summed E-state index contributed by atoms with van der Waals surface area (Å²) in [6.45, 7) is -1.01. The molecule has 1 aliphatic rings. The van der Waals surface area contributed by atoms with Crippen LogP contribution in [-0.4, -0.2) is 43.2 Å². The lowest BCUT2D eigenvalue weighted by molar-refractivity contribution is -0.154. The lowest BCUT2D eigenvalue weighted by atomic mass is 10.00. The van der Waals surface area contributed by atoms with Crippen molar-refractivity contribution in [2.24, 2.45) is 0 Å². The Morgan fingerprint density at radius 3 is 2.53 bits per heavy atom. The van der Waals surface area contributed by atoms with Crippen LogP contribution >= 0.6 is 0 Å². The number of aromatic nitrogens is 5. The molecular weight excluding hydrogens is 627 g/mol. The number of H-pyrrole nitrogens is 1. The topological polar surface area (TPSA) is 116 Å². The van der Waals surface area contributed by atoms with Crippen LogP contribution in [0, 0.1) is 11.6 Å². The molecule has 238 valence electrons. The molecule has 2 N–H and O–H groups in total. The Kier molecular flexibility index (Phi) is 7.22. The summed E-state index contributed by atoms with van der Waals surface area (Å²) in [5.74, 6) is -2.75. The molecule has 15 heteroatoms. The number of carbonyl (C=O) groups excluding carboxylic acids is 1. The van der Waals surface area contributed by atoms with Crippen molar-refractivity contribution in [1.29, 1.82) is 0 Å². The molecule has 0 saturated heterocycles. The quantitative estimate of drug-likeness (QED) is 0.185. The Labute approximate surface area is 261 Å². The van der Waals surface area contributed by atoms with E-state index in [4.69, 9.17) is 9.47 Å². The fourth-order valence-corrected chi connectivity index (χ4v) is 5.47. The number of benzene rings is 3. The van der Waals surface area contributed by atoms with E-state index in [1.165, 1.54) is 12.1 Å². The van der Waals surface area contributed by atoms with Crippen molar-refractivity contribution in [3.63, 3.8) is 0 Å². The molecule has 7 rings (SSSR count). The van der Waals surface area contributed by atoms with Crippen molar-refractivity contribution in [2.75, 3.05) is 11.9 Å². The summed E-state index contributed by atoms with van der Waals surface area (Å²) in [7, 11) is 0. The zero-order valence-corrected chi connectivity index (χ0v) is 23.9. The van der Waals surface area contributed by atoms with Crippen LogP contribution < -0.4 is 20.3 Å². The summed E-state index contributed by atoms with van der Waals surface area (Å²) in [5, 5.41) is 14.5. The molecule has 4 heterocycles. The smallest absolute Gasteiger partial charge is 0.422 e. The van der Waals surface area contributed by atoms with Crippen LogP contribution in [0.3, 0.4) is 0 Å². The summed E-state index contributed by atoms with van der Waals surface area (Å²) in [4.78, 5) is 26.5. The summed E-state index contributed by atoms with van der Waals surface area (Å²) in [6, 6.07) is 11.8. The summed E-state index contributed by atoms with van der Waals surface area (Å²) < 4.78 is 81.0. The van der Waals surface area contributed by atoms with Gasteiger partial charge in [0.2, 0.25) is 5.88 Å². The monoisotopic (exact) mass is 648 g/mol. The van der Waals surface area contributed by atoms with Gasteiger partial charge in [-0.15, -0.1) is 0 Å². The predicted molar refractivity (Wildman–Crippen MR) is 159 cm³/mol. The fraction of sp³-hybridized carbons (Fsp3) is 0.125. The molecule has 0 atom stereocenters. The predicted octanol–water partition coefficient (Wildman–Crippen LogP) is 6.40. The molecule has 1 aliphatic heterocycles. The second-order valence-electron chi connectivity index (χ2n) is 10.6. The van der Waals surface area contributed by atoms with E-state index in [-0.39, 0.29) is 17.1 Å². The van der Waals surface area contributed by atoms with E-state index in [1.54, 1.807) is 18.6 Å². The number of halogens is 5. The maximum Gasteiger partial charge on any atom is 0.422 e. The van der Waals surface area contributed by atoms with Crippen molar-refractivity contribution in [3.05, 3.63) is 112 Å². The van der Waals surface area contributed by atoms with Gasteiger partial charge in [-0.05, 0) is 66.6 Å². The van der Waals surface area contributed by atoms with E-state index in [1.807, 2.05) is 10.7 Å². The number of nitrogens with zero attached hydrogens (tertiary/aromatic N) is 4. The van der Waals surface area contributed by atoms with Gasteiger partial charge in [0.1, 0.15) is 17.1 Å². The van der Waals surface area contributed by atoms with Crippen LogP contribution in [0.1, 0.15) is 15.9 Å². The minimum absolute atomic E-state index is 0.0321. The molecule has 10 nitrogen and oxygen atoms in total. The van der Waals surface area contributed by atoms with E-state index in [0.29, 0.717) is 28.0 Å². The molecule has 0 fully saturated rings. The number of carbonyl (C=O) groups is 1. The number of hydrogen-bond donors (Lipinski definition) is 2. The maximum atomic E-state index is 15.4. The van der Waals surface area contributed by atoms with Gasteiger partial charge in [-0.1, -0.05) is 0 Å². The molecule has 0 aliphatic carbocycles. The summed E-state index contributed by atoms with van der Waals surface area (Å²) in [6.07, 6.45) is 1.04. The van der Waals surface area contributed by atoms with Crippen molar-refractivity contribution in [1.82, 2.24) is 24.5 Å². The fourth-order valence-electron chi connectivity index (χ4n) is 5.47. The lowest BCUT2D eigenvalue weighted by Gasteiger charge is -2.16. The van der Waals surface area contributed by atoms with Crippen LogP contribution in [-0.2, 0) is 13.0 Å². The first-order valence-electron chi connectivity index (χ1n) is 14.1. The number of ether oxygens (including phenoxy) is 2. The number of hydrogen-bond acceptors (Lipinski definition) is 6. The van der Waals surface area contributed by atoms with Gasteiger partial charge in [0, 0.05) is 41.0 Å². The van der Waals surface area contributed by atoms with Gasteiger partial charge in [0.25, 0.3) is 11.5 Å². The number of nitrogens with one attached hydrogen (secondary N) is 2. The number of anilines is 1. The Morgan fingerprint density at radius 2 is 1.81 bits per heavy atom. The zero-order chi connectivity index (χ0) is 32.9. The maximum absolute atomic E-state index is 15.4. The Morgan fingerprint density at radius 1 is 1.00 bits per heavy atom.